The van der Waals surface area contributed by atoms with Gasteiger partial charge in [-0.25, -0.2) is 4.98 Å². The Hall–Kier alpha value is -2.47. The van der Waals surface area contributed by atoms with Crippen molar-refractivity contribution < 1.29 is 14.7 Å². The Labute approximate surface area is 144 Å². The summed E-state index contributed by atoms with van der Waals surface area (Å²) in [5.74, 6) is -2.91. The van der Waals surface area contributed by atoms with Crippen LogP contribution in [-0.2, 0) is 9.59 Å². The molecule has 0 saturated carbocycles. The summed E-state index contributed by atoms with van der Waals surface area (Å²) in [6.07, 6.45) is 4.35. The third kappa shape index (κ3) is 3.38. The van der Waals surface area contributed by atoms with Crippen molar-refractivity contribution in [3.63, 3.8) is 0 Å². The summed E-state index contributed by atoms with van der Waals surface area (Å²) < 4.78 is 0. The number of anilines is 1. The molecule has 24 heavy (non-hydrogen) atoms. The predicted molar refractivity (Wildman–Crippen MR) is 91.3 cm³/mol. The van der Waals surface area contributed by atoms with E-state index in [4.69, 9.17) is 0 Å². The second-order valence-electron chi connectivity index (χ2n) is 5.75. The van der Waals surface area contributed by atoms with Crippen molar-refractivity contribution >= 4 is 28.3 Å². The number of amides is 1. The third-order valence-electron chi connectivity index (χ3n) is 4.15. The maximum absolute atomic E-state index is 12.5. The molecule has 0 radical (unpaired) electrons. The number of hydrogen-bond donors (Lipinski definition) is 1. The molecule has 0 fully saturated rings. The quantitative estimate of drug-likeness (QED) is 0.866. The molecule has 124 valence electrons. The van der Waals surface area contributed by atoms with Crippen LogP contribution in [0.2, 0.25) is 0 Å². The lowest BCUT2D eigenvalue weighted by Gasteiger charge is -2.27. The molecule has 1 aliphatic rings. The summed E-state index contributed by atoms with van der Waals surface area (Å²) in [5.41, 5.74) is 1.82. The minimum absolute atomic E-state index is 0.318. The number of carbonyl (C=O) groups is 2. The Morgan fingerprint density at radius 3 is 2.50 bits per heavy atom. The van der Waals surface area contributed by atoms with Gasteiger partial charge in [-0.2, -0.15) is 0 Å². The molecular weight excluding hydrogens is 324 g/mol. The lowest BCUT2D eigenvalue weighted by atomic mass is 9.82. The largest absolute Gasteiger partial charge is 0.550 e. The van der Waals surface area contributed by atoms with Crippen LogP contribution in [0.4, 0.5) is 5.13 Å². The minimum Gasteiger partial charge on any atom is -0.550 e. The first-order valence-electron chi connectivity index (χ1n) is 7.76. The lowest BCUT2D eigenvalue weighted by molar-refractivity contribution is -0.313. The van der Waals surface area contributed by atoms with Gasteiger partial charge in [0.1, 0.15) is 0 Å². The van der Waals surface area contributed by atoms with E-state index >= 15 is 0 Å². The van der Waals surface area contributed by atoms with Crippen LogP contribution in [0.1, 0.15) is 17.7 Å². The van der Waals surface area contributed by atoms with Gasteiger partial charge < -0.3 is 15.2 Å². The second-order valence-corrected chi connectivity index (χ2v) is 6.96. The Kier molecular flexibility index (Phi) is 4.76. The van der Waals surface area contributed by atoms with E-state index in [-0.39, 0.29) is 5.91 Å². The number of carbonyl (C=O) groups excluding carboxylic acids is 2. The Bertz CT molecular complexity index is 783. The molecule has 1 aromatic carbocycles. The van der Waals surface area contributed by atoms with E-state index in [0.717, 1.165) is 16.1 Å². The molecule has 2 atom stereocenters. The Balaban J connectivity index is 1.78. The molecule has 0 unspecified atom stereocenters. The van der Waals surface area contributed by atoms with Gasteiger partial charge in [-0.3, -0.25) is 4.79 Å². The molecule has 0 spiro atoms. The average molecular weight is 341 g/mol. The summed E-state index contributed by atoms with van der Waals surface area (Å²) >= 11 is 1.39. The zero-order chi connectivity index (χ0) is 17.1. The minimum atomic E-state index is -1.18. The highest BCUT2D eigenvalue weighted by Crippen LogP contribution is 2.32. The molecule has 0 saturated heterocycles. The van der Waals surface area contributed by atoms with Crippen molar-refractivity contribution in [2.24, 2.45) is 11.8 Å². The number of carboxylic acid groups (broad SMARTS) is 1. The van der Waals surface area contributed by atoms with Crippen LogP contribution in [0, 0.1) is 18.8 Å². The van der Waals surface area contributed by atoms with E-state index in [9.17, 15) is 14.7 Å². The van der Waals surface area contributed by atoms with Crippen LogP contribution in [-0.4, -0.2) is 16.9 Å². The summed E-state index contributed by atoms with van der Waals surface area (Å²) in [6.45, 7) is 1.95. The number of thiazole rings is 1. The number of benzene rings is 1. The first-order valence-corrected chi connectivity index (χ1v) is 8.57. The highest BCUT2D eigenvalue weighted by molar-refractivity contribution is 7.16. The Morgan fingerprint density at radius 2 is 1.83 bits per heavy atom. The number of nitrogens with zero attached hydrogens (tertiary/aromatic N) is 1. The standard InChI is InChI=1S/C18H18N2O3S/c1-11-15(12-7-3-2-4-8-12)19-18(24-11)20-16(21)13-9-5-6-10-14(13)17(22)23/h2-8,13-14H,9-10H2,1H3,(H,22,23)(H,19,20,21)/p-1/t13-,14-/m0/s1. The van der Waals surface area contributed by atoms with Gasteiger partial charge in [0.05, 0.1) is 11.6 Å². The van der Waals surface area contributed by atoms with E-state index in [1.165, 1.54) is 11.3 Å². The molecule has 1 N–H and O–H groups in total. The number of nitrogens with one attached hydrogen (secondary N) is 1. The van der Waals surface area contributed by atoms with E-state index in [1.54, 1.807) is 6.08 Å². The van der Waals surface area contributed by atoms with Crippen LogP contribution >= 0.6 is 11.3 Å². The van der Waals surface area contributed by atoms with Gasteiger partial charge in [0.2, 0.25) is 5.91 Å². The van der Waals surface area contributed by atoms with Crippen LogP contribution in [0.5, 0.6) is 0 Å². The summed E-state index contributed by atoms with van der Waals surface area (Å²) in [7, 11) is 0. The lowest BCUT2D eigenvalue weighted by Crippen LogP contribution is -2.41. The molecule has 1 aliphatic carbocycles. The summed E-state index contributed by atoms with van der Waals surface area (Å²) in [5, 5.41) is 14.5. The molecular formula is C18H17N2O3S-. The maximum Gasteiger partial charge on any atom is 0.230 e. The molecule has 0 aliphatic heterocycles. The molecule has 1 aromatic heterocycles. The fourth-order valence-corrected chi connectivity index (χ4v) is 3.72. The molecule has 1 heterocycles. The van der Waals surface area contributed by atoms with Gasteiger partial charge in [-0.1, -0.05) is 42.5 Å². The fourth-order valence-electron chi connectivity index (χ4n) is 2.88. The molecule has 2 aromatic rings. The number of allylic oxidation sites excluding steroid dienone is 2. The van der Waals surface area contributed by atoms with Gasteiger partial charge in [-0.15, -0.1) is 11.3 Å². The first-order chi connectivity index (χ1) is 11.6. The van der Waals surface area contributed by atoms with Crippen LogP contribution in [0.25, 0.3) is 11.3 Å². The number of hydrogen-bond acceptors (Lipinski definition) is 5. The van der Waals surface area contributed by atoms with Crippen molar-refractivity contribution in [3.8, 4) is 11.3 Å². The highest BCUT2D eigenvalue weighted by Gasteiger charge is 2.30. The monoisotopic (exact) mass is 341 g/mol. The van der Waals surface area contributed by atoms with Gasteiger partial charge in [0.15, 0.2) is 5.13 Å². The van der Waals surface area contributed by atoms with E-state index in [2.05, 4.69) is 10.3 Å². The predicted octanol–water partition coefficient (Wildman–Crippen LogP) is 2.39. The fraction of sp³-hybridized carbons (Fsp3) is 0.278. The van der Waals surface area contributed by atoms with Crippen LogP contribution < -0.4 is 10.4 Å². The Morgan fingerprint density at radius 1 is 1.17 bits per heavy atom. The number of aryl methyl sites for hydroxylation is 1. The van der Waals surface area contributed by atoms with Crippen molar-refractivity contribution in [2.75, 3.05) is 5.32 Å². The van der Waals surface area contributed by atoms with Gasteiger partial charge >= 0.3 is 0 Å². The van der Waals surface area contributed by atoms with E-state index in [1.807, 2.05) is 43.3 Å². The maximum atomic E-state index is 12.5. The zero-order valence-corrected chi connectivity index (χ0v) is 14.0. The summed E-state index contributed by atoms with van der Waals surface area (Å²) in [6, 6.07) is 9.73. The number of carboxylic acids is 1. The average Bonchev–Trinajstić information content (AvgIpc) is 2.96. The normalized spacial score (nSPS) is 19.9. The first kappa shape index (κ1) is 16.4. The van der Waals surface area contributed by atoms with Gasteiger partial charge in [0.25, 0.3) is 0 Å². The van der Waals surface area contributed by atoms with Crippen LogP contribution in [0.15, 0.2) is 42.5 Å². The number of aromatic nitrogens is 1. The van der Waals surface area contributed by atoms with Crippen molar-refractivity contribution in [1.82, 2.24) is 4.98 Å². The number of aliphatic carboxylic acids is 1. The SMILES string of the molecule is Cc1sc(NC(=O)[C@H]2CC=CC[C@@H]2C(=O)[O-])nc1-c1ccccc1. The third-order valence-corrected chi connectivity index (χ3v) is 5.03. The smallest absolute Gasteiger partial charge is 0.230 e. The highest BCUT2D eigenvalue weighted by atomic mass is 32.1. The summed E-state index contributed by atoms with van der Waals surface area (Å²) in [4.78, 5) is 29.2. The molecule has 1 amide bonds. The molecule has 3 rings (SSSR count). The van der Waals surface area contributed by atoms with E-state index in [0.29, 0.717) is 18.0 Å². The number of rotatable bonds is 4. The molecule has 6 heteroatoms. The molecule has 5 nitrogen and oxygen atoms in total. The van der Waals surface area contributed by atoms with E-state index < -0.39 is 17.8 Å². The molecule has 0 bridgehead atoms. The van der Waals surface area contributed by atoms with Gasteiger partial charge in [-0.05, 0) is 19.8 Å². The van der Waals surface area contributed by atoms with Gasteiger partial charge in [0, 0.05) is 22.3 Å². The topological polar surface area (TPSA) is 82.1 Å². The van der Waals surface area contributed by atoms with Crippen LogP contribution in [0.3, 0.4) is 0 Å². The van der Waals surface area contributed by atoms with Crippen molar-refractivity contribution in [1.29, 1.82) is 0 Å². The zero-order valence-electron chi connectivity index (χ0n) is 13.2. The second kappa shape index (κ2) is 6.97. The van der Waals surface area contributed by atoms with Crippen molar-refractivity contribution in [2.45, 2.75) is 19.8 Å². The van der Waals surface area contributed by atoms with Crippen molar-refractivity contribution in [3.05, 3.63) is 47.4 Å².